The molecule has 0 bridgehead atoms. The lowest BCUT2D eigenvalue weighted by Crippen LogP contribution is -2.47. The Morgan fingerprint density at radius 1 is 1.13 bits per heavy atom. The number of halogens is 2. The van der Waals surface area contributed by atoms with Gasteiger partial charge in [0.15, 0.2) is 11.5 Å². The van der Waals surface area contributed by atoms with Gasteiger partial charge in [0, 0.05) is 17.8 Å². The smallest absolute Gasteiger partial charge is 0.387 e. The van der Waals surface area contributed by atoms with Crippen molar-refractivity contribution in [3.8, 4) is 11.5 Å². The van der Waals surface area contributed by atoms with Crippen molar-refractivity contribution >= 4 is 17.5 Å². The maximum absolute atomic E-state index is 12.5. The zero-order valence-electron chi connectivity index (χ0n) is 16.5. The fourth-order valence-electron chi connectivity index (χ4n) is 3.30. The standard InChI is InChI=1S/C21H23F2N3O4/c1-2-29-18-12-15(9-10-17(18)30-21(22)23)20(28)25-24-19(27)13-26-11-5-7-14-6-3-4-8-16(14)26/h3-4,6,8-10,12,21H,2,5,7,11,13H2,1H3,(H,24,27)(H,25,28). The Morgan fingerprint density at radius 3 is 2.70 bits per heavy atom. The summed E-state index contributed by atoms with van der Waals surface area (Å²) in [4.78, 5) is 26.6. The van der Waals surface area contributed by atoms with Crippen molar-refractivity contribution in [2.75, 3.05) is 24.6 Å². The largest absolute Gasteiger partial charge is 0.490 e. The summed E-state index contributed by atoms with van der Waals surface area (Å²) in [6.45, 7) is -0.274. The van der Waals surface area contributed by atoms with Gasteiger partial charge in [-0.1, -0.05) is 18.2 Å². The molecule has 2 aromatic carbocycles. The Hall–Kier alpha value is -3.36. The summed E-state index contributed by atoms with van der Waals surface area (Å²) >= 11 is 0. The number of anilines is 1. The molecular formula is C21H23F2N3O4. The molecule has 2 N–H and O–H groups in total. The van der Waals surface area contributed by atoms with Crippen LogP contribution in [0.2, 0.25) is 0 Å². The number of benzene rings is 2. The van der Waals surface area contributed by atoms with Crippen LogP contribution in [0.3, 0.4) is 0 Å². The summed E-state index contributed by atoms with van der Waals surface area (Å²) in [5.74, 6) is -1.13. The number of ether oxygens (including phenoxy) is 2. The van der Waals surface area contributed by atoms with Crippen LogP contribution in [0.4, 0.5) is 14.5 Å². The van der Waals surface area contributed by atoms with E-state index < -0.39 is 12.5 Å². The monoisotopic (exact) mass is 419 g/mol. The Morgan fingerprint density at radius 2 is 1.93 bits per heavy atom. The lowest BCUT2D eigenvalue weighted by Gasteiger charge is -2.30. The number of carbonyl (C=O) groups excluding carboxylic acids is 2. The first-order chi connectivity index (χ1) is 14.5. The van der Waals surface area contributed by atoms with Crippen LogP contribution < -0.4 is 25.2 Å². The minimum atomic E-state index is -3.01. The number of hydrogen-bond acceptors (Lipinski definition) is 5. The third kappa shape index (κ3) is 5.37. The summed E-state index contributed by atoms with van der Waals surface area (Å²) in [5.41, 5.74) is 7.05. The van der Waals surface area contributed by atoms with Crippen LogP contribution in [0.15, 0.2) is 42.5 Å². The molecule has 1 heterocycles. The van der Waals surface area contributed by atoms with E-state index in [0.717, 1.165) is 25.1 Å². The van der Waals surface area contributed by atoms with E-state index >= 15 is 0 Å². The predicted octanol–water partition coefficient (Wildman–Crippen LogP) is 2.90. The molecule has 1 aliphatic rings. The van der Waals surface area contributed by atoms with E-state index in [-0.39, 0.29) is 36.1 Å². The lowest BCUT2D eigenvalue weighted by molar-refractivity contribution is -0.120. The van der Waals surface area contributed by atoms with E-state index in [0.29, 0.717) is 0 Å². The van der Waals surface area contributed by atoms with Gasteiger partial charge >= 0.3 is 6.61 Å². The van der Waals surface area contributed by atoms with E-state index in [9.17, 15) is 18.4 Å². The Kier molecular flexibility index (Phi) is 7.05. The highest BCUT2D eigenvalue weighted by molar-refractivity contribution is 5.96. The summed E-state index contributed by atoms with van der Waals surface area (Å²) in [6.07, 6.45) is 1.92. The van der Waals surface area contributed by atoms with Crippen LogP contribution in [0.5, 0.6) is 11.5 Å². The molecule has 0 saturated carbocycles. The molecule has 0 radical (unpaired) electrons. The number of carbonyl (C=O) groups is 2. The van der Waals surface area contributed by atoms with Gasteiger partial charge in [0.1, 0.15) is 0 Å². The summed E-state index contributed by atoms with van der Waals surface area (Å²) in [7, 11) is 0. The van der Waals surface area contributed by atoms with Crippen molar-refractivity contribution in [1.82, 2.24) is 10.9 Å². The molecule has 30 heavy (non-hydrogen) atoms. The first-order valence-corrected chi connectivity index (χ1v) is 9.61. The number of hydrogen-bond donors (Lipinski definition) is 2. The molecule has 0 spiro atoms. The molecule has 9 heteroatoms. The van der Waals surface area contributed by atoms with Crippen LogP contribution in [-0.4, -0.2) is 38.1 Å². The van der Waals surface area contributed by atoms with Gasteiger partial charge in [0.05, 0.1) is 13.2 Å². The van der Waals surface area contributed by atoms with Crippen molar-refractivity contribution in [2.24, 2.45) is 0 Å². The third-order valence-electron chi connectivity index (χ3n) is 4.58. The number of alkyl halides is 2. The molecule has 0 aromatic heterocycles. The molecule has 0 atom stereocenters. The van der Waals surface area contributed by atoms with Crippen LogP contribution in [0, 0.1) is 0 Å². The number of fused-ring (bicyclic) bond motifs is 1. The van der Waals surface area contributed by atoms with E-state index in [1.165, 1.54) is 23.8 Å². The van der Waals surface area contributed by atoms with Gasteiger partial charge in [-0.2, -0.15) is 8.78 Å². The Labute approximate surface area is 172 Å². The number of hydrazine groups is 1. The average Bonchev–Trinajstić information content (AvgIpc) is 2.73. The molecule has 2 amide bonds. The highest BCUT2D eigenvalue weighted by atomic mass is 19.3. The van der Waals surface area contributed by atoms with Gasteiger partial charge in [0.25, 0.3) is 11.8 Å². The highest BCUT2D eigenvalue weighted by Gasteiger charge is 2.19. The predicted molar refractivity (Wildman–Crippen MR) is 107 cm³/mol. The van der Waals surface area contributed by atoms with Gasteiger partial charge in [-0.05, 0) is 49.6 Å². The second kappa shape index (κ2) is 9.91. The molecule has 0 aliphatic carbocycles. The number of para-hydroxylation sites is 1. The zero-order chi connectivity index (χ0) is 21.5. The summed E-state index contributed by atoms with van der Waals surface area (Å²) in [5, 5.41) is 0. The van der Waals surface area contributed by atoms with Crippen LogP contribution in [0.25, 0.3) is 0 Å². The Bertz CT molecular complexity index is 908. The lowest BCUT2D eigenvalue weighted by atomic mass is 10.0. The molecule has 2 aromatic rings. The van der Waals surface area contributed by atoms with E-state index in [1.807, 2.05) is 29.2 Å². The second-order valence-electron chi connectivity index (χ2n) is 6.63. The molecule has 0 fully saturated rings. The van der Waals surface area contributed by atoms with Crippen LogP contribution >= 0.6 is 0 Å². The molecule has 3 rings (SSSR count). The number of aryl methyl sites for hydroxylation is 1. The van der Waals surface area contributed by atoms with Gasteiger partial charge in [0.2, 0.25) is 0 Å². The van der Waals surface area contributed by atoms with Crippen LogP contribution in [0.1, 0.15) is 29.3 Å². The molecule has 7 nitrogen and oxygen atoms in total. The summed E-state index contributed by atoms with van der Waals surface area (Å²) < 4.78 is 34.6. The SMILES string of the molecule is CCOc1cc(C(=O)NNC(=O)CN2CCCc3ccccc32)ccc1OC(F)F. The maximum atomic E-state index is 12.5. The zero-order valence-corrected chi connectivity index (χ0v) is 16.5. The first-order valence-electron chi connectivity index (χ1n) is 9.61. The molecule has 0 saturated heterocycles. The normalized spacial score (nSPS) is 12.9. The third-order valence-corrected chi connectivity index (χ3v) is 4.58. The second-order valence-corrected chi connectivity index (χ2v) is 6.63. The topological polar surface area (TPSA) is 79.9 Å². The Balaban J connectivity index is 1.59. The van der Waals surface area contributed by atoms with Crippen molar-refractivity contribution in [2.45, 2.75) is 26.4 Å². The van der Waals surface area contributed by atoms with E-state index in [1.54, 1.807) is 6.92 Å². The average molecular weight is 419 g/mol. The van der Waals surface area contributed by atoms with Crippen molar-refractivity contribution in [3.05, 3.63) is 53.6 Å². The quantitative estimate of drug-likeness (QED) is 0.675. The molecular weight excluding hydrogens is 396 g/mol. The first kappa shape index (κ1) is 21.4. The molecule has 160 valence electrons. The van der Waals surface area contributed by atoms with Gasteiger partial charge in [-0.15, -0.1) is 0 Å². The van der Waals surface area contributed by atoms with Crippen molar-refractivity contribution in [1.29, 1.82) is 0 Å². The fourth-order valence-corrected chi connectivity index (χ4v) is 3.30. The highest BCUT2D eigenvalue weighted by Crippen LogP contribution is 2.30. The van der Waals surface area contributed by atoms with Gasteiger partial charge in [-0.3, -0.25) is 20.4 Å². The van der Waals surface area contributed by atoms with Gasteiger partial charge < -0.3 is 14.4 Å². The number of rotatable bonds is 7. The number of nitrogens with one attached hydrogen (secondary N) is 2. The molecule has 1 aliphatic heterocycles. The van der Waals surface area contributed by atoms with Crippen molar-refractivity contribution in [3.63, 3.8) is 0 Å². The number of amides is 2. The summed E-state index contributed by atoms with van der Waals surface area (Å²) in [6, 6.07) is 11.7. The minimum Gasteiger partial charge on any atom is -0.490 e. The van der Waals surface area contributed by atoms with E-state index in [2.05, 4.69) is 15.6 Å². The molecule has 0 unspecified atom stereocenters. The fraction of sp³-hybridized carbons (Fsp3) is 0.333. The van der Waals surface area contributed by atoms with Crippen LogP contribution in [-0.2, 0) is 11.2 Å². The maximum Gasteiger partial charge on any atom is 0.387 e. The minimum absolute atomic E-state index is 0.0155. The van der Waals surface area contributed by atoms with E-state index in [4.69, 9.17) is 4.74 Å². The van der Waals surface area contributed by atoms with Crippen molar-refractivity contribution < 1.29 is 27.8 Å². The number of nitrogens with zero attached hydrogens (tertiary/aromatic N) is 1. The van der Waals surface area contributed by atoms with Gasteiger partial charge in [-0.25, -0.2) is 0 Å².